The Morgan fingerprint density at radius 1 is 0.895 bits per heavy atom. The summed E-state index contributed by atoms with van der Waals surface area (Å²) >= 11 is 0.748. The molecule has 1 nitrogen and oxygen atoms in total. The van der Waals surface area contributed by atoms with Gasteiger partial charge in [0.15, 0.2) is 0 Å². The van der Waals surface area contributed by atoms with Gasteiger partial charge in [-0.1, -0.05) is 30.3 Å². The number of benzene rings is 2. The topological polar surface area (TPSA) is 20.2 Å². The lowest BCUT2D eigenvalue weighted by Gasteiger charge is -2.20. The van der Waals surface area contributed by atoms with Gasteiger partial charge in [-0.15, -0.1) is 11.8 Å². The molecule has 0 aliphatic heterocycles. The summed E-state index contributed by atoms with van der Waals surface area (Å²) in [6.07, 6.45) is -4.35. The lowest BCUT2D eigenvalue weighted by Crippen LogP contribution is -2.17. The highest BCUT2D eigenvalue weighted by molar-refractivity contribution is 7.99. The summed E-state index contributed by atoms with van der Waals surface area (Å²) in [6.45, 7) is 0. The first-order chi connectivity index (χ1) is 8.97. The summed E-state index contributed by atoms with van der Waals surface area (Å²) in [5.41, 5.74) is 0.124. The van der Waals surface area contributed by atoms with Crippen LogP contribution in [-0.2, 0) is 0 Å². The first kappa shape index (κ1) is 13.8. The Balaban J connectivity index is 2.29. The summed E-state index contributed by atoms with van der Waals surface area (Å²) in [6, 6.07) is 13.6. The molecule has 0 aliphatic rings. The van der Waals surface area contributed by atoms with Crippen LogP contribution < -0.4 is 0 Å². The van der Waals surface area contributed by atoms with Crippen molar-refractivity contribution >= 4 is 11.8 Å². The van der Waals surface area contributed by atoms with Crippen molar-refractivity contribution in [3.05, 3.63) is 60.2 Å². The maximum absolute atomic E-state index is 13.1. The van der Waals surface area contributed by atoms with Crippen molar-refractivity contribution in [2.24, 2.45) is 0 Å². The number of halogens is 3. The van der Waals surface area contributed by atoms with Gasteiger partial charge < -0.3 is 5.11 Å². The fraction of sp³-hybridized carbons (Fsp3) is 0.143. The minimum atomic E-state index is -4.35. The van der Waals surface area contributed by atoms with Gasteiger partial charge in [-0.2, -0.15) is 13.2 Å². The molecule has 5 heteroatoms. The van der Waals surface area contributed by atoms with Gasteiger partial charge in [-0.3, -0.25) is 0 Å². The Morgan fingerprint density at radius 3 is 2.00 bits per heavy atom. The van der Waals surface area contributed by atoms with Crippen molar-refractivity contribution in [2.45, 2.75) is 16.3 Å². The van der Waals surface area contributed by atoms with Gasteiger partial charge in [0, 0.05) is 4.90 Å². The average Bonchev–Trinajstić information content (AvgIpc) is 2.37. The SMILES string of the molecule is Oc1ccc(C(Sc2ccccc2)C(F)(F)F)cc1. The molecule has 2 aromatic rings. The van der Waals surface area contributed by atoms with Crippen LogP contribution in [0.1, 0.15) is 10.8 Å². The molecule has 1 unspecified atom stereocenters. The third-order valence-corrected chi connectivity index (χ3v) is 3.81. The molecule has 0 bridgehead atoms. The number of phenols is 1. The van der Waals surface area contributed by atoms with E-state index < -0.39 is 11.4 Å². The Hall–Kier alpha value is -1.62. The molecule has 0 aliphatic carbocycles. The quantitative estimate of drug-likeness (QED) is 0.818. The third kappa shape index (κ3) is 3.67. The number of alkyl halides is 3. The Kier molecular flexibility index (Phi) is 4.04. The molecular weight excluding hydrogens is 273 g/mol. The highest BCUT2D eigenvalue weighted by Gasteiger charge is 2.41. The van der Waals surface area contributed by atoms with E-state index in [1.54, 1.807) is 30.3 Å². The van der Waals surface area contributed by atoms with E-state index in [1.807, 2.05) is 0 Å². The van der Waals surface area contributed by atoms with Gasteiger partial charge in [0.2, 0.25) is 0 Å². The first-order valence-corrected chi connectivity index (χ1v) is 6.42. The molecule has 19 heavy (non-hydrogen) atoms. The molecule has 0 saturated heterocycles. The zero-order chi connectivity index (χ0) is 13.9. The summed E-state index contributed by atoms with van der Waals surface area (Å²) in [4.78, 5) is 0.554. The number of thioether (sulfide) groups is 1. The largest absolute Gasteiger partial charge is 0.508 e. The van der Waals surface area contributed by atoms with Crippen molar-refractivity contribution < 1.29 is 18.3 Å². The molecule has 0 aromatic heterocycles. The van der Waals surface area contributed by atoms with Gasteiger partial charge in [0.1, 0.15) is 11.0 Å². The zero-order valence-corrected chi connectivity index (χ0v) is 10.6. The second kappa shape index (κ2) is 5.57. The predicted octanol–water partition coefficient (Wildman–Crippen LogP) is 4.79. The molecule has 2 aromatic carbocycles. The van der Waals surface area contributed by atoms with Gasteiger partial charge in [-0.05, 0) is 29.8 Å². The minimum Gasteiger partial charge on any atom is -0.508 e. The normalized spacial score (nSPS) is 13.2. The van der Waals surface area contributed by atoms with Crippen molar-refractivity contribution in [1.29, 1.82) is 0 Å². The zero-order valence-electron chi connectivity index (χ0n) is 9.76. The average molecular weight is 284 g/mol. The molecule has 0 amide bonds. The van der Waals surface area contributed by atoms with Gasteiger partial charge >= 0.3 is 6.18 Å². The third-order valence-electron chi connectivity index (χ3n) is 2.49. The smallest absolute Gasteiger partial charge is 0.404 e. The second-order valence-electron chi connectivity index (χ2n) is 3.94. The predicted molar refractivity (Wildman–Crippen MR) is 69.2 cm³/mol. The number of phenolic OH excluding ortho intramolecular Hbond substituents is 1. The van der Waals surface area contributed by atoms with E-state index in [0.29, 0.717) is 4.90 Å². The maximum Gasteiger partial charge on any atom is 0.404 e. The van der Waals surface area contributed by atoms with Crippen LogP contribution in [0.2, 0.25) is 0 Å². The highest BCUT2D eigenvalue weighted by atomic mass is 32.2. The van der Waals surface area contributed by atoms with Crippen molar-refractivity contribution in [3.63, 3.8) is 0 Å². The monoisotopic (exact) mass is 284 g/mol. The van der Waals surface area contributed by atoms with Crippen LogP contribution >= 0.6 is 11.8 Å². The Bertz CT molecular complexity index is 523. The second-order valence-corrected chi connectivity index (χ2v) is 5.12. The minimum absolute atomic E-state index is 0.0469. The van der Waals surface area contributed by atoms with E-state index in [9.17, 15) is 13.2 Å². The number of hydrogen-bond acceptors (Lipinski definition) is 2. The van der Waals surface area contributed by atoms with E-state index in [1.165, 1.54) is 24.3 Å². The van der Waals surface area contributed by atoms with Crippen LogP contribution in [0, 0.1) is 0 Å². The molecule has 0 fully saturated rings. The van der Waals surface area contributed by atoms with Gasteiger partial charge in [0.05, 0.1) is 0 Å². The molecule has 1 N–H and O–H groups in total. The van der Waals surface area contributed by atoms with Crippen molar-refractivity contribution in [3.8, 4) is 5.75 Å². The summed E-state index contributed by atoms with van der Waals surface area (Å²) in [5.74, 6) is -0.0469. The van der Waals surface area contributed by atoms with E-state index >= 15 is 0 Å². The Morgan fingerprint density at radius 2 is 1.47 bits per heavy atom. The first-order valence-electron chi connectivity index (χ1n) is 5.54. The number of aromatic hydroxyl groups is 1. The van der Waals surface area contributed by atoms with E-state index in [4.69, 9.17) is 5.11 Å². The van der Waals surface area contributed by atoms with Crippen molar-refractivity contribution in [1.82, 2.24) is 0 Å². The number of rotatable bonds is 3. The van der Waals surface area contributed by atoms with Gasteiger partial charge in [0.25, 0.3) is 0 Å². The van der Waals surface area contributed by atoms with Crippen LogP contribution in [0.4, 0.5) is 13.2 Å². The maximum atomic E-state index is 13.1. The molecule has 2 rings (SSSR count). The van der Waals surface area contributed by atoms with E-state index in [2.05, 4.69) is 0 Å². The summed E-state index contributed by atoms with van der Waals surface area (Å²) in [7, 11) is 0. The van der Waals surface area contributed by atoms with Crippen molar-refractivity contribution in [2.75, 3.05) is 0 Å². The molecule has 0 spiro atoms. The highest BCUT2D eigenvalue weighted by Crippen LogP contribution is 2.46. The van der Waals surface area contributed by atoms with Crippen LogP contribution in [0.25, 0.3) is 0 Å². The van der Waals surface area contributed by atoms with Crippen LogP contribution in [0.5, 0.6) is 5.75 Å². The fourth-order valence-electron chi connectivity index (χ4n) is 1.61. The molecule has 0 heterocycles. The molecular formula is C14H11F3OS. The van der Waals surface area contributed by atoms with E-state index in [0.717, 1.165) is 11.8 Å². The molecule has 0 radical (unpaired) electrons. The molecule has 100 valence electrons. The van der Waals surface area contributed by atoms with Crippen LogP contribution in [0.3, 0.4) is 0 Å². The van der Waals surface area contributed by atoms with Crippen LogP contribution in [-0.4, -0.2) is 11.3 Å². The standard InChI is InChI=1S/C14H11F3OS/c15-14(16,17)13(10-6-8-11(18)9-7-10)19-12-4-2-1-3-5-12/h1-9,13,18H. The molecule has 0 saturated carbocycles. The number of hydrogen-bond donors (Lipinski definition) is 1. The fourth-order valence-corrected chi connectivity index (χ4v) is 2.62. The Labute approximate surface area is 113 Å². The summed E-state index contributed by atoms with van der Waals surface area (Å²) < 4.78 is 39.3. The van der Waals surface area contributed by atoms with Crippen LogP contribution in [0.15, 0.2) is 59.5 Å². The summed E-state index contributed by atoms with van der Waals surface area (Å²) in [5, 5.41) is 7.50. The molecule has 1 atom stereocenters. The lowest BCUT2D eigenvalue weighted by atomic mass is 10.1. The lowest BCUT2D eigenvalue weighted by molar-refractivity contribution is -0.129. The van der Waals surface area contributed by atoms with E-state index in [-0.39, 0.29) is 11.3 Å². The van der Waals surface area contributed by atoms with Gasteiger partial charge in [-0.25, -0.2) is 0 Å².